The van der Waals surface area contributed by atoms with Crippen molar-refractivity contribution in [3.8, 4) is 11.5 Å². The standard InChI is InChI=1S/C19H26Cl2N2O2.ClH/c1-24-19-16(21)11-14(20)12-18(19)25-15(9-10-22)7-8-17(23)13-5-3-2-4-6-13;/h10-13,15,22-23H,2-9H2,1H3;1H. The molecule has 1 aromatic rings. The van der Waals surface area contributed by atoms with Crippen LogP contribution in [0.3, 0.4) is 0 Å². The van der Waals surface area contributed by atoms with E-state index in [1.165, 1.54) is 32.6 Å². The lowest BCUT2D eigenvalue weighted by atomic mass is 9.84. The van der Waals surface area contributed by atoms with Gasteiger partial charge in [0.2, 0.25) is 0 Å². The number of halogens is 3. The molecule has 1 aliphatic rings. The van der Waals surface area contributed by atoms with Crippen molar-refractivity contribution in [2.45, 2.75) is 57.5 Å². The number of benzene rings is 1. The highest BCUT2D eigenvalue weighted by Gasteiger charge is 2.21. The first kappa shape index (κ1) is 23.1. The molecule has 2 rings (SSSR count). The van der Waals surface area contributed by atoms with E-state index in [0.717, 1.165) is 18.6 Å². The minimum absolute atomic E-state index is 0. The third kappa shape index (κ3) is 6.64. The predicted octanol–water partition coefficient (Wildman–Crippen LogP) is 6.59. The molecule has 146 valence electrons. The molecule has 1 unspecified atom stereocenters. The lowest BCUT2D eigenvalue weighted by Crippen LogP contribution is -2.22. The molecular weight excluding hydrogens is 395 g/mol. The molecule has 0 saturated heterocycles. The van der Waals surface area contributed by atoms with Crippen molar-refractivity contribution in [2.24, 2.45) is 5.92 Å². The zero-order valence-corrected chi connectivity index (χ0v) is 17.4. The monoisotopic (exact) mass is 420 g/mol. The van der Waals surface area contributed by atoms with Gasteiger partial charge in [0.25, 0.3) is 0 Å². The molecule has 1 aliphatic carbocycles. The maximum absolute atomic E-state index is 8.36. The molecule has 0 amide bonds. The molecule has 2 N–H and O–H groups in total. The molecule has 0 aliphatic heterocycles. The summed E-state index contributed by atoms with van der Waals surface area (Å²) >= 11 is 12.2. The third-order valence-corrected chi connectivity index (χ3v) is 5.19. The number of ether oxygens (including phenoxy) is 2. The molecule has 0 spiro atoms. The van der Waals surface area contributed by atoms with Gasteiger partial charge in [-0.1, -0.05) is 42.5 Å². The molecule has 7 heteroatoms. The summed E-state index contributed by atoms with van der Waals surface area (Å²) in [4.78, 5) is 0. The van der Waals surface area contributed by atoms with E-state index in [1.54, 1.807) is 12.1 Å². The lowest BCUT2D eigenvalue weighted by molar-refractivity contribution is 0.193. The van der Waals surface area contributed by atoms with Crippen LogP contribution < -0.4 is 9.47 Å². The average molecular weight is 422 g/mol. The van der Waals surface area contributed by atoms with Crippen LogP contribution in [0, 0.1) is 16.7 Å². The minimum Gasteiger partial charge on any atom is -0.491 e. The van der Waals surface area contributed by atoms with Crippen LogP contribution in [0.25, 0.3) is 0 Å². The highest BCUT2D eigenvalue weighted by Crippen LogP contribution is 2.39. The van der Waals surface area contributed by atoms with Crippen LogP contribution in [0.4, 0.5) is 0 Å². The van der Waals surface area contributed by atoms with Crippen LogP contribution in [0.5, 0.6) is 11.5 Å². The molecule has 0 heterocycles. The summed E-state index contributed by atoms with van der Waals surface area (Å²) in [5.41, 5.74) is 0.814. The second-order valence-corrected chi connectivity index (χ2v) is 7.34. The van der Waals surface area contributed by atoms with E-state index in [-0.39, 0.29) is 18.5 Å². The Morgan fingerprint density at radius 1 is 1.27 bits per heavy atom. The fraction of sp³-hybridized carbons (Fsp3) is 0.579. The van der Waals surface area contributed by atoms with Gasteiger partial charge in [0.05, 0.1) is 12.1 Å². The lowest BCUT2D eigenvalue weighted by Gasteiger charge is -2.24. The Bertz CT molecular complexity index is 605. The van der Waals surface area contributed by atoms with E-state index in [1.807, 2.05) is 0 Å². The van der Waals surface area contributed by atoms with Crippen LogP contribution >= 0.6 is 35.6 Å². The van der Waals surface area contributed by atoms with E-state index < -0.39 is 0 Å². The van der Waals surface area contributed by atoms with Crippen LogP contribution in [-0.2, 0) is 0 Å². The molecule has 1 saturated carbocycles. The van der Waals surface area contributed by atoms with Crippen molar-refractivity contribution in [3.05, 3.63) is 22.2 Å². The summed E-state index contributed by atoms with van der Waals surface area (Å²) in [6.07, 6.45) is 9.01. The average Bonchev–Trinajstić information content (AvgIpc) is 2.60. The van der Waals surface area contributed by atoms with Crippen molar-refractivity contribution in [3.63, 3.8) is 0 Å². The molecule has 0 bridgehead atoms. The van der Waals surface area contributed by atoms with Gasteiger partial charge >= 0.3 is 0 Å². The zero-order chi connectivity index (χ0) is 18.2. The van der Waals surface area contributed by atoms with Crippen LogP contribution in [-0.4, -0.2) is 25.1 Å². The smallest absolute Gasteiger partial charge is 0.179 e. The summed E-state index contributed by atoms with van der Waals surface area (Å²) in [7, 11) is 1.53. The van der Waals surface area contributed by atoms with Gasteiger partial charge in [-0.05, 0) is 43.9 Å². The van der Waals surface area contributed by atoms with E-state index in [9.17, 15) is 0 Å². The van der Waals surface area contributed by atoms with E-state index >= 15 is 0 Å². The van der Waals surface area contributed by atoms with Crippen molar-refractivity contribution in [1.29, 1.82) is 10.8 Å². The number of hydrogen-bond acceptors (Lipinski definition) is 4. The number of hydrogen-bond donors (Lipinski definition) is 2. The first-order valence-electron chi connectivity index (χ1n) is 8.81. The summed E-state index contributed by atoms with van der Waals surface area (Å²) in [5.74, 6) is 1.35. The molecule has 0 radical (unpaired) electrons. The Hall–Kier alpha value is -0.970. The van der Waals surface area contributed by atoms with Gasteiger partial charge in [0, 0.05) is 23.2 Å². The normalized spacial score (nSPS) is 15.7. The Labute approximate surface area is 172 Å². The Morgan fingerprint density at radius 3 is 2.58 bits per heavy atom. The fourth-order valence-electron chi connectivity index (χ4n) is 3.33. The molecule has 4 nitrogen and oxygen atoms in total. The maximum atomic E-state index is 8.36. The number of methoxy groups -OCH3 is 1. The SMILES string of the molecule is COc1c(Cl)cc(Cl)cc1OC(CC=N)CCC(=N)C1CCCCC1.Cl. The fourth-order valence-corrected chi connectivity index (χ4v) is 3.88. The summed E-state index contributed by atoms with van der Waals surface area (Å²) in [6, 6.07) is 3.29. The minimum atomic E-state index is -0.204. The maximum Gasteiger partial charge on any atom is 0.179 e. The van der Waals surface area contributed by atoms with E-state index in [4.69, 9.17) is 43.5 Å². The first-order chi connectivity index (χ1) is 12.0. The van der Waals surface area contributed by atoms with Crippen LogP contribution in [0.2, 0.25) is 10.0 Å². The van der Waals surface area contributed by atoms with Gasteiger partial charge < -0.3 is 20.3 Å². The van der Waals surface area contributed by atoms with Gasteiger partial charge in [-0.15, -0.1) is 12.4 Å². The molecule has 1 atom stereocenters. The van der Waals surface area contributed by atoms with E-state index in [2.05, 4.69) is 0 Å². The van der Waals surface area contributed by atoms with Crippen molar-refractivity contribution in [2.75, 3.05) is 7.11 Å². The molecule has 26 heavy (non-hydrogen) atoms. The Kier molecular flexibility index (Phi) is 10.4. The molecular formula is C19H27Cl3N2O2. The third-order valence-electron chi connectivity index (χ3n) is 4.69. The Morgan fingerprint density at radius 2 is 1.96 bits per heavy atom. The van der Waals surface area contributed by atoms with Gasteiger partial charge in [0.15, 0.2) is 11.5 Å². The Balaban J connectivity index is 0.00000338. The van der Waals surface area contributed by atoms with Gasteiger partial charge in [-0.3, -0.25) is 0 Å². The summed E-state index contributed by atoms with van der Waals surface area (Å²) in [5, 5.41) is 16.6. The summed E-state index contributed by atoms with van der Waals surface area (Å²) < 4.78 is 11.4. The predicted molar refractivity (Wildman–Crippen MR) is 112 cm³/mol. The van der Waals surface area contributed by atoms with Gasteiger partial charge in [-0.25, -0.2) is 0 Å². The van der Waals surface area contributed by atoms with Crippen molar-refractivity contribution < 1.29 is 9.47 Å². The van der Waals surface area contributed by atoms with Crippen molar-refractivity contribution in [1.82, 2.24) is 0 Å². The first-order valence-corrected chi connectivity index (χ1v) is 9.56. The highest BCUT2D eigenvalue weighted by atomic mass is 35.5. The molecule has 1 fully saturated rings. The van der Waals surface area contributed by atoms with Crippen LogP contribution in [0.1, 0.15) is 51.4 Å². The van der Waals surface area contributed by atoms with E-state index in [0.29, 0.717) is 46.7 Å². The second kappa shape index (κ2) is 11.7. The zero-order valence-electron chi connectivity index (χ0n) is 15.0. The molecule has 1 aromatic carbocycles. The largest absolute Gasteiger partial charge is 0.491 e. The summed E-state index contributed by atoms with van der Waals surface area (Å²) in [6.45, 7) is 0. The van der Waals surface area contributed by atoms with Gasteiger partial charge in [0.1, 0.15) is 6.10 Å². The quantitative estimate of drug-likeness (QED) is 0.441. The second-order valence-electron chi connectivity index (χ2n) is 6.50. The number of rotatable bonds is 9. The van der Waals surface area contributed by atoms with Crippen molar-refractivity contribution >= 4 is 47.5 Å². The number of nitrogens with one attached hydrogen (secondary N) is 2. The van der Waals surface area contributed by atoms with Gasteiger partial charge in [-0.2, -0.15) is 0 Å². The highest BCUT2D eigenvalue weighted by molar-refractivity contribution is 6.35. The molecule has 0 aromatic heterocycles. The van der Waals surface area contributed by atoms with Crippen LogP contribution in [0.15, 0.2) is 12.1 Å². The topological polar surface area (TPSA) is 66.2 Å².